The van der Waals surface area contributed by atoms with Gasteiger partial charge in [-0.3, -0.25) is 0 Å². The van der Waals surface area contributed by atoms with Gasteiger partial charge in [0.05, 0.1) is 0 Å². The number of aromatic carboxylic acids is 1. The van der Waals surface area contributed by atoms with Crippen molar-refractivity contribution in [2.24, 2.45) is 5.92 Å². The molecule has 0 radical (unpaired) electrons. The molecule has 1 aromatic heterocycles. The zero-order chi connectivity index (χ0) is 13.4. The van der Waals surface area contributed by atoms with E-state index in [0.717, 1.165) is 36.1 Å². The molecule has 0 spiro atoms. The van der Waals surface area contributed by atoms with Crippen LogP contribution in [0.3, 0.4) is 0 Å². The van der Waals surface area contributed by atoms with E-state index >= 15 is 0 Å². The fourth-order valence-electron chi connectivity index (χ4n) is 3.14. The van der Waals surface area contributed by atoms with Gasteiger partial charge >= 0.3 is 5.97 Å². The molecule has 2 aliphatic heterocycles. The van der Waals surface area contributed by atoms with Crippen molar-refractivity contribution in [2.75, 3.05) is 24.5 Å². The summed E-state index contributed by atoms with van der Waals surface area (Å²) in [5.74, 6) is -0.241. The molecule has 0 saturated carbocycles. The van der Waals surface area contributed by atoms with Gasteiger partial charge in [0.15, 0.2) is 10.8 Å². The molecule has 0 amide bonds. The lowest BCUT2D eigenvalue weighted by molar-refractivity contribution is 0.0690. The maximum atomic E-state index is 11.1. The molecule has 2 aliphatic rings. The van der Waals surface area contributed by atoms with Gasteiger partial charge in [-0.1, -0.05) is 0 Å². The summed E-state index contributed by atoms with van der Waals surface area (Å²) in [7, 11) is 0. The van der Waals surface area contributed by atoms with Gasteiger partial charge in [-0.15, -0.1) is 11.3 Å². The minimum Gasteiger partial charge on any atom is -0.476 e. The normalized spacial score (nSPS) is 27.1. The Morgan fingerprint density at radius 2 is 2.37 bits per heavy atom. The second-order valence-corrected chi connectivity index (χ2v) is 6.59. The van der Waals surface area contributed by atoms with Crippen LogP contribution in [-0.2, 0) is 0 Å². The van der Waals surface area contributed by atoms with Gasteiger partial charge in [-0.25, -0.2) is 9.78 Å². The highest BCUT2D eigenvalue weighted by molar-refractivity contribution is 7.15. The second-order valence-electron chi connectivity index (χ2n) is 5.40. The standard InChI is InChI=1S/C13H19N3O2S/c1-8-11(12(17)18)15-13(19-8)16-6-4-10-9(7-16)3-2-5-14-10/h9-10,14H,2-7H2,1H3,(H,17,18)/t9-,10+/m1/s1. The van der Waals surface area contributed by atoms with E-state index in [0.29, 0.717) is 12.0 Å². The first-order chi connectivity index (χ1) is 9.15. The summed E-state index contributed by atoms with van der Waals surface area (Å²) in [4.78, 5) is 18.4. The Balaban J connectivity index is 1.76. The molecule has 19 heavy (non-hydrogen) atoms. The SMILES string of the molecule is Cc1sc(N2CC[C@@H]3NCCC[C@@H]3C2)nc1C(=O)O. The largest absolute Gasteiger partial charge is 0.476 e. The number of hydrogen-bond acceptors (Lipinski definition) is 5. The molecule has 0 unspecified atom stereocenters. The molecule has 0 bridgehead atoms. The highest BCUT2D eigenvalue weighted by Crippen LogP contribution is 2.32. The number of anilines is 1. The summed E-state index contributed by atoms with van der Waals surface area (Å²) in [6, 6.07) is 0.644. The lowest BCUT2D eigenvalue weighted by atomic mass is 9.86. The van der Waals surface area contributed by atoms with Gasteiger partial charge in [0.25, 0.3) is 0 Å². The van der Waals surface area contributed by atoms with Crippen molar-refractivity contribution in [3.8, 4) is 0 Å². The average Bonchev–Trinajstić information content (AvgIpc) is 2.80. The van der Waals surface area contributed by atoms with Crippen LogP contribution in [0, 0.1) is 12.8 Å². The van der Waals surface area contributed by atoms with Crippen LogP contribution < -0.4 is 10.2 Å². The van der Waals surface area contributed by atoms with E-state index in [-0.39, 0.29) is 5.69 Å². The molecular weight excluding hydrogens is 262 g/mol. The molecule has 2 fully saturated rings. The molecular formula is C13H19N3O2S. The zero-order valence-corrected chi connectivity index (χ0v) is 11.9. The highest BCUT2D eigenvalue weighted by atomic mass is 32.1. The minimum atomic E-state index is -0.922. The van der Waals surface area contributed by atoms with Crippen molar-refractivity contribution in [1.82, 2.24) is 10.3 Å². The number of carboxylic acid groups (broad SMARTS) is 1. The third-order valence-electron chi connectivity index (χ3n) is 4.15. The maximum absolute atomic E-state index is 11.1. The number of thiazole rings is 1. The number of carbonyl (C=O) groups is 1. The third kappa shape index (κ3) is 2.47. The van der Waals surface area contributed by atoms with Crippen molar-refractivity contribution in [3.63, 3.8) is 0 Å². The molecule has 3 rings (SSSR count). The number of hydrogen-bond donors (Lipinski definition) is 2. The minimum absolute atomic E-state index is 0.212. The molecule has 0 aromatic carbocycles. The number of piperidine rings is 2. The van der Waals surface area contributed by atoms with E-state index in [2.05, 4.69) is 15.2 Å². The van der Waals surface area contributed by atoms with Crippen molar-refractivity contribution in [3.05, 3.63) is 10.6 Å². The topological polar surface area (TPSA) is 65.5 Å². The average molecular weight is 281 g/mol. The van der Waals surface area contributed by atoms with Gasteiger partial charge in [0.1, 0.15) is 0 Å². The fraction of sp³-hybridized carbons (Fsp3) is 0.692. The van der Waals surface area contributed by atoms with Crippen molar-refractivity contribution in [1.29, 1.82) is 0 Å². The van der Waals surface area contributed by atoms with Crippen molar-refractivity contribution < 1.29 is 9.90 Å². The summed E-state index contributed by atoms with van der Waals surface area (Å²) < 4.78 is 0. The van der Waals surface area contributed by atoms with Crippen LogP contribution in [0.25, 0.3) is 0 Å². The van der Waals surface area contributed by atoms with Gasteiger partial charge in [-0.05, 0) is 38.6 Å². The number of carboxylic acids is 1. The summed E-state index contributed by atoms with van der Waals surface area (Å²) >= 11 is 1.50. The molecule has 0 aliphatic carbocycles. The summed E-state index contributed by atoms with van der Waals surface area (Å²) in [5, 5.41) is 13.5. The first-order valence-corrected chi connectivity index (χ1v) is 7.66. The summed E-state index contributed by atoms with van der Waals surface area (Å²) in [5.41, 5.74) is 0.212. The van der Waals surface area contributed by atoms with E-state index in [1.165, 1.54) is 24.2 Å². The van der Waals surface area contributed by atoms with Crippen LogP contribution in [-0.4, -0.2) is 41.7 Å². The zero-order valence-electron chi connectivity index (χ0n) is 11.1. The molecule has 3 heterocycles. The van der Waals surface area contributed by atoms with Crippen LogP contribution in [0.2, 0.25) is 0 Å². The van der Waals surface area contributed by atoms with E-state index in [9.17, 15) is 4.79 Å². The Morgan fingerprint density at radius 1 is 1.53 bits per heavy atom. The lowest BCUT2D eigenvalue weighted by Crippen LogP contribution is -2.52. The van der Waals surface area contributed by atoms with Gasteiger partial charge in [-0.2, -0.15) is 0 Å². The van der Waals surface area contributed by atoms with Gasteiger partial charge < -0.3 is 15.3 Å². The smallest absolute Gasteiger partial charge is 0.355 e. The van der Waals surface area contributed by atoms with Gasteiger partial charge in [0.2, 0.25) is 0 Å². The number of fused-ring (bicyclic) bond motifs is 1. The lowest BCUT2D eigenvalue weighted by Gasteiger charge is -2.41. The first-order valence-electron chi connectivity index (χ1n) is 6.84. The fourth-order valence-corrected chi connectivity index (χ4v) is 4.07. The molecule has 2 saturated heterocycles. The Morgan fingerprint density at radius 3 is 3.11 bits per heavy atom. The predicted molar refractivity (Wildman–Crippen MR) is 75.2 cm³/mol. The number of nitrogens with one attached hydrogen (secondary N) is 1. The van der Waals surface area contributed by atoms with Gasteiger partial charge in [0, 0.05) is 24.0 Å². The van der Waals surface area contributed by atoms with Crippen molar-refractivity contribution >= 4 is 22.4 Å². The molecule has 6 heteroatoms. The van der Waals surface area contributed by atoms with Crippen LogP contribution in [0.4, 0.5) is 5.13 Å². The Labute approximate surface area is 116 Å². The Kier molecular flexibility index (Phi) is 3.45. The van der Waals surface area contributed by atoms with E-state index in [1.807, 2.05) is 6.92 Å². The van der Waals surface area contributed by atoms with E-state index < -0.39 is 5.97 Å². The third-order valence-corrected chi connectivity index (χ3v) is 5.18. The monoisotopic (exact) mass is 281 g/mol. The Hall–Kier alpha value is -1.14. The molecule has 2 N–H and O–H groups in total. The summed E-state index contributed by atoms with van der Waals surface area (Å²) in [6.45, 7) is 4.95. The van der Waals surface area contributed by atoms with Crippen LogP contribution in [0.5, 0.6) is 0 Å². The van der Waals surface area contributed by atoms with Crippen LogP contribution in [0.15, 0.2) is 0 Å². The van der Waals surface area contributed by atoms with Crippen molar-refractivity contribution in [2.45, 2.75) is 32.2 Å². The van der Waals surface area contributed by atoms with Crippen LogP contribution >= 0.6 is 11.3 Å². The first kappa shape index (κ1) is 12.9. The number of nitrogens with zero attached hydrogens (tertiary/aromatic N) is 2. The molecule has 5 nitrogen and oxygen atoms in total. The van der Waals surface area contributed by atoms with E-state index in [4.69, 9.17) is 5.11 Å². The second kappa shape index (κ2) is 5.09. The van der Waals surface area contributed by atoms with E-state index in [1.54, 1.807) is 0 Å². The predicted octanol–water partition coefficient (Wildman–Crippen LogP) is 1.73. The Bertz CT molecular complexity index is 488. The van der Waals surface area contributed by atoms with Crippen LogP contribution in [0.1, 0.15) is 34.6 Å². The molecule has 1 aromatic rings. The summed E-state index contributed by atoms with van der Waals surface area (Å²) in [6.07, 6.45) is 3.64. The molecule has 2 atom stereocenters. The highest BCUT2D eigenvalue weighted by Gasteiger charge is 2.32. The number of aryl methyl sites for hydroxylation is 1. The maximum Gasteiger partial charge on any atom is 0.355 e. The number of aromatic nitrogens is 1. The number of rotatable bonds is 2. The quantitative estimate of drug-likeness (QED) is 0.864. The molecule has 104 valence electrons.